The molecule has 0 heterocycles. The van der Waals surface area contributed by atoms with E-state index in [-0.39, 0.29) is 11.8 Å². The molecule has 0 saturated carbocycles. The lowest BCUT2D eigenvalue weighted by molar-refractivity contribution is 0.0988. The molecule has 0 bridgehead atoms. The van der Waals surface area contributed by atoms with Gasteiger partial charge < -0.3 is 5.32 Å². The summed E-state index contributed by atoms with van der Waals surface area (Å²) < 4.78 is 0. The number of hydrogen-bond donors (Lipinski definition) is 1. The first-order valence-corrected chi connectivity index (χ1v) is 7.06. The predicted molar refractivity (Wildman–Crippen MR) is 84.3 cm³/mol. The van der Waals surface area contributed by atoms with Crippen LogP contribution in [0.5, 0.6) is 0 Å². The number of benzene rings is 2. The maximum absolute atomic E-state index is 11.6. The predicted octanol–water partition coefficient (Wildman–Crippen LogP) is 4.76. The largest absolute Gasteiger partial charge is 0.379 e. The zero-order chi connectivity index (χ0) is 14.5. The van der Waals surface area contributed by atoms with E-state index in [1.807, 2.05) is 31.2 Å². The van der Waals surface area contributed by atoms with Crippen LogP contribution in [0.25, 0.3) is 0 Å². The normalized spacial score (nSPS) is 11.9. The molecule has 104 valence electrons. The van der Waals surface area contributed by atoms with Gasteiger partial charge in [0.25, 0.3) is 0 Å². The third-order valence-corrected chi connectivity index (χ3v) is 3.49. The third-order valence-electron chi connectivity index (χ3n) is 3.49. The summed E-state index contributed by atoms with van der Waals surface area (Å²) >= 11 is 0. The molecule has 0 spiro atoms. The first kappa shape index (κ1) is 14.3. The quantitative estimate of drug-likeness (QED) is 0.791. The van der Waals surface area contributed by atoms with E-state index in [4.69, 9.17) is 0 Å². The van der Waals surface area contributed by atoms with Crippen LogP contribution in [0.1, 0.15) is 47.8 Å². The molecule has 0 aliphatic rings. The van der Waals surface area contributed by atoms with Gasteiger partial charge >= 0.3 is 0 Å². The molecule has 0 fully saturated rings. The van der Waals surface area contributed by atoms with E-state index in [0.29, 0.717) is 6.42 Å². The van der Waals surface area contributed by atoms with Crippen molar-refractivity contribution in [1.82, 2.24) is 0 Å². The van der Waals surface area contributed by atoms with Crippen molar-refractivity contribution in [2.75, 3.05) is 5.32 Å². The first-order valence-electron chi connectivity index (χ1n) is 7.06. The number of hydrogen-bond acceptors (Lipinski definition) is 2. The highest BCUT2D eigenvalue weighted by Crippen LogP contribution is 2.20. The van der Waals surface area contributed by atoms with Crippen LogP contribution >= 0.6 is 0 Å². The molecule has 0 aliphatic heterocycles. The molecule has 0 saturated heterocycles. The molecular weight excluding hydrogens is 246 g/mol. The number of aryl methyl sites for hydroxylation is 1. The number of rotatable bonds is 5. The number of carbonyl (C=O) groups is 1. The van der Waals surface area contributed by atoms with Crippen LogP contribution < -0.4 is 5.32 Å². The number of ketones is 1. The topological polar surface area (TPSA) is 29.1 Å². The van der Waals surface area contributed by atoms with Crippen molar-refractivity contribution in [2.45, 2.75) is 33.2 Å². The molecule has 2 nitrogen and oxygen atoms in total. The second-order valence-electron chi connectivity index (χ2n) is 5.13. The van der Waals surface area contributed by atoms with Crippen LogP contribution in [0.3, 0.4) is 0 Å². The molecule has 0 radical (unpaired) electrons. The lowest BCUT2D eigenvalue weighted by Gasteiger charge is -2.16. The van der Waals surface area contributed by atoms with Gasteiger partial charge in [-0.2, -0.15) is 0 Å². The van der Waals surface area contributed by atoms with Crippen molar-refractivity contribution in [3.63, 3.8) is 0 Å². The SMILES string of the molecule is CCC(=O)c1ccc(NC(C)c2ccc(C)cc2)cc1. The standard InChI is InChI=1S/C18H21NO/c1-4-18(20)16-9-11-17(12-10-16)19-14(3)15-7-5-13(2)6-8-15/h5-12,14,19H,4H2,1-3H3. The van der Waals surface area contributed by atoms with Gasteiger partial charge in [-0.1, -0.05) is 36.8 Å². The molecule has 2 rings (SSSR count). The molecule has 2 aromatic carbocycles. The fraction of sp³-hybridized carbons (Fsp3) is 0.278. The van der Waals surface area contributed by atoms with Crippen LogP contribution in [0, 0.1) is 6.92 Å². The summed E-state index contributed by atoms with van der Waals surface area (Å²) in [5.41, 5.74) is 4.33. The minimum atomic E-state index is 0.183. The van der Waals surface area contributed by atoms with Crippen LogP contribution in [0.4, 0.5) is 5.69 Å². The van der Waals surface area contributed by atoms with Crippen molar-refractivity contribution in [1.29, 1.82) is 0 Å². The van der Waals surface area contributed by atoms with E-state index >= 15 is 0 Å². The number of carbonyl (C=O) groups excluding carboxylic acids is 1. The monoisotopic (exact) mass is 267 g/mol. The van der Waals surface area contributed by atoms with E-state index in [1.54, 1.807) is 0 Å². The summed E-state index contributed by atoms with van der Waals surface area (Å²) in [5.74, 6) is 0.183. The third kappa shape index (κ3) is 3.47. The molecule has 1 atom stereocenters. The Kier molecular flexibility index (Phi) is 4.57. The molecule has 2 aromatic rings. The minimum Gasteiger partial charge on any atom is -0.379 e. The van der Waals surface area contributed by atoms with Gasteiger partial charge in [-0.05, 0) is 43.7 Å². The number of Topliss-reactive ketones (excluding diaryl/α,β-unsaturated/α-hetero) is 1. The number of anilines is 1. The average molecular weight is 267 g/mol. The van der Waals surface area contributed by atoms with Crippen molar-refractivity contribution in [3.05, 3.63) is 65.2 Å². The van der Waals surface area contributed by atoms with E-state index in [1.165, 1.54) is 11.1 Å². The highest BCUT2D eigenvalue weighted by atomic mass is 16.1. The Bertz CT molecular complexity index is 569. The zero-order valence-corrected chi connectivity index (χ0v) is 12.3. The summed E-state index contributed by atoms with van der Waals surface area (Å²) in [6.07, 6.45) is 0.548. The van der Waals surface area contributed by atoms with Crippen molar-refractivity contribution in [2.24, 2.45) is 0 Å². The maximum Gasteiger partial charge on any atom is 0.162 e. The Labute approximate surface area is 120 Å². The summed E-state index contributed by atoms with van der Waals surface area (Å²) in [7, 11) is 0. The molecule has 20 heavy (non-hydrogen) atoms. The molecule has 1 unspecified atom stereocenters. The highest BCUT2D eigenvalue weighted by Gasteiger charge is 2.06. The van der Waals surface area contributed by atoms with Crippen molar-refractivity contribution in [3.8, 4) is 0 Å². The molecular formula is C18H21NO. The maximum atomic E-state index is 11.6. The minimum absolute atomic E-state index is 0.183. The summed E-state index contributed by atoms with van der Waals surface area (Å²) in [6, 6.07) is 16.5. The van der Waals surface area contributed by atoms with Gasteiger partial charge in [0.15, 0.2) is 5.78 Å². The Hall–Kier alpha value is -2.09. The number of nitrogens with one attached hydrogen (secondary N) is 1. The lowest BCUT2D eigenvalue weighted by atomic mass is 10.1. The summed E-state index contributed by atoms with van der Waals surface area (Å²) in [4.78, 5) is 11.6. The zero-order valence-electron chi connectivity index (χ0n) is 12.3. The lowest BCUT2D eigenvalue weighted by Crippen LogP contribution is -2.06. The molecule has 2 heteroatoms. The van der Waals surface area contributed by atoms with Gasteiger partial charge in [-0.25, -0.2) is 0 Å². The molecule has 0 aliphatic carbocycles. The van der Waals surface area contributed by atoms with Crippen LogP contribution in [0.15, 0.2) is 48.5 Å². The van der Waals surface area contributed by atoms with Gasteiger partial charge in [0.2, 0.25) is 0 Å². The van der Waals surface area contributed by atoms with E-state index < -0.39 is 0 Å². The molecule has 0 amide bonds. The fourth-order valence-corrected chi connectivity index (χ4v) is 2.14. The van der Waals surface area contributed by atoms with Gasteiger partial charge in [0.1, 0.15) is 0 Å². The summed E-state index contributed by atoms with van der Waals surface area (Å²) in [6.45, 7) is 6.11. The van der Waals surface area contributed by atoms with Gasteiger partial charge in [-0.15, -0.1) is 0 Å². The highest BCUT2D eigenvalue weighted by molar-refractivity contribution is 5.96. The second-order valence-corrected chi connectivity index (χ2v) is 5.13. The molecule has 1 N–H and O–H groups in total. The second kappa shape index (κ2) is 6.38. The molecule has 0 aromatic heterocycles. The van der Waals surface area contributed by atoms with E-state index in [9.17, 15) is 4.79 Å². The Morgan fingerprint density at radius 3 is 2.20 bits per heavy atom. The average Bonchev–Trinajstić information content (AvgIpc) is 2.48. The van der Waals surface area contributed by atoms with Crippen LogP contribution in [-0.2, 0) is 0 Å². The van der Waals surface area contributed by atoms with Gasteiger partial charge in [0, 0.05) is 23.7 Å². The van der Waals surface area contributed by atoms with E-state index in [0.717, 1.165) is 11.3 Å². The van der Waals surface area contributed by atoms with Crippen LogP contribution in [0.2, 0.25) is 0 Å². The first-order chi connectivity index (χ1) is 9.60. The Balaban J connectivity index is 2.06. The van der Waals surface area contributed by atoms with Crippen molar-refractivity contribution >= 4 is 11.5 Å². The Morgan fingerprint density at radius 2 is 1.65 bits per heavy atom. The smallest absolute Gasteiger partial charge is 0.162 e. The summed E-state index contributed by atoms with van der Waals surface area (Å²) in [5, 5.41) is 3.45. The Morgan fingerprint density at radius 1 is 1.05 bits per heavy atom. The van der Waals surface area contributed by atoms with Crippen molar-refractivity contribution < 1.29 is 4.79 Å². The fourth-order valence-electron chi connectivity index (χ4n) is 2.14. The van der Waals surface area contributed by atoms with Gasteiger partial charge in [-0.3, -0.25) is 4.79 Å². The van der Waals surface area contributed by atoms with Crippen LogP contribution in [-0.4, -0.2) is 5.78 Å². The van der Waals surface area contributed by atoms with E-state index in [2.05, 4.69) is 43.4 Å². The van der Waals surface area contributed by atoms with Gasteiger partial charge in [0.05, 0.1) is 0 Å².